The van der Waals surface area contributed by atoms with Crippen LogP contribution in [-0.2, 0) is 11.2 Å². The molecule has 0 aliphatic heterocycles. The van der Waals surface area contributed by atoms with Crippen LogP contribution in [0.15, 0.2) is 30.3 Å². The highest BCUT2D eigenvalue weighted by atomic mass is 16.1. The molecule has 1 aromatic carbocycles. The fraction of sp³-hybridized carbons (Fsp3) is 0.462. The SMILES string of the molecule is NC(=O)C1(CCCc2ccccc2)CC1. The molecule has 0 radical (unpaired) electrons. The van der Waals surface area contributed by atoms with Crippen molar-refractivity contribution in [2.75, 3.05) is 0 Å². The molecule has 80 valence electrons. The van der Waals surface area contributed by atoms with Gasteiger partial charge in [-0.15, -0.1) is 0 Å². The number of carbonyl (C=O) groups is 1. The zero-order valence-corrected chi connectivity index (χ0v) is 8.91. The van der Waals surface area contributed by atoms with Crippen molar-refractivity contribution in [1.29, 1.82) is 0 Å². The number of hydrogen-bond donors (Lipinski definition) is 1. The molecule has 0 saturated heterocycles. The van der Waals surface area contributed by atoms with Crippen molar-refractivity contribution in [1.82, 2.24) is 0 Å². The van der Waals surface area contributed by atoms with Crippen LogP contribution in [0.1, 0.15) is 31.2 Å². The molecule has 1 aliphatic carbocycles. The highest BCUT2D eigenvalue weighted by Crippen LogP contribution is 2.49. The van der Waals surface area contributed by atoms with Crippen molar-refractivity contribution in [3.63, 3.8) is 0 Å². The molecule has 2 N–H and O–H groups in total. The maximum Gasteiger partial charge on any atom is 0.223 e. The molecule has 1 fully saturated rings. The van der Waals surface area contributed by atoms with Crippen LogP contribution in [0.2, 0.25) is 0 Å². The molecule has 0 bridgehead atoms. The second-order valence-electron chi connectivity index (χ2n) is 4.48. The largest absolute Gasteiger partial charge is 0.369 e. The normalized spacial score (nSPS) is 17.3. The van der Waals surface area contributed by atoms with E-state index in [1.54, 1.807) is 0 Å². The Morgan fingerprint density at radius 1 is 1.27 bits per heavy atom. The van der Waals surface area contributed by atoms with Crippen molar-refractivity contribution < 1.29 is 4.79 Å². The van der Waals surface area contributed by atoms with Crippen molar-refractivity contribution in [3.8, 4) is 0 Å². The number of benzene rings is 1. The Kier molecular flexibility index (Phi) is 2.76. The van der Waals surface area contributed by atoms with E-state index in [1.165, 1.54) is 5.56 Å². The van der Waals surface area contributed by atoms with Gasteiger partial charge in [-0.1, -0.05) is 30.3 Å². The molecule has 1 saturated carbocycles. The van der Waals surface area contributed by atoms with E-state index >= 15 is 0 Å². The van der Waals surface area contributed by atoms with Gasteiger partial charge in [-0.2, -0.15) is 0 Å². The van der Waals surface area contributed by atoms with Gasteiger partial charge in [-0.05, 0) is 37.7 Å². The average Bonchev–Trinajstić information content (AvgIpc) is 3.01. The molecule has 15 heavy (non-hydrogen) atoms. The third-order valence-electron chi connectivity index (χ3n) is 3.34. The Morgan fingerprint density at radius 2 is 1.93 bits per heavy atom. The van der Waals surface area contributed by atoms with Gasteiger partial charge in [0.1, 0.15) is 0 Å². The number of aryl methyl sites for hydroxylation is 1. The molecule has 0 unspecified atom stereocenters. The second-order valence-corrected chi connectivity index (χ2v) is 4.48. The standard InChI is InChI=1S/C13H17NO/c14-12(15)13(9-10-13)8-4-7-11-5-2-1-3-6-11/h1-3,5-6H,4,7-10H2,(H2,14,15). The smallest absolute Gasteiger partial charge is 0.223 e. The average molecular weight is 203 g/mol. The first-order valence-electron chi connectivity index (χ1n) is 5.57. The molecule has 0 heterocycles. The van der Waals surface area contributed by atoms with Gasteiger partial charge in [0.05, 0.1) is 0 Å². The summed E-state index contributed by atoms with van der Waals surface area (Å²) in [6, 6.07) is 10.4. The zero-order chi connectivity index (χ0) is 10.7. The fourth-order valence-electron chi connectivity index (χ4n) is 2.05. The Morgan fingerprint density at radius 3 is 2.47 bits per heavy atom. The number of amides is 1. The summed E-state index contributed by atoms with van der Waals surface area (Å²) in [6.45, 7) is 0. The summed E-state index contributed by atoms with van der Waals surface area (Å²) in [7, 11) is 0. The van der Waals surface area contributed by atoms with Gasteiger partial charge in [0, 0.05) is 5.41 Å². The van der Waals surface area contributed by atoms with Gasteiger partial charge in [-0.25, -0.2) is 0 Å². The minimum Gasteiger partial charge on any atom is -0.369 e. The van der Waals surface area contributed by atoms with E-state index in [9.17, 15) is 4.79 Å². The molecule has 0 spiro atoms. The summed E-state index contributed by atoms with van der Waals surface area (Å²) in [6.07, 6.45) is 5.06. The van der Waals surface area contributed by atoms with Crippen LogP contribution < -0.4 is 5.73 Å². The summed E-state index contributed by atoms with van der Waals surface area (Å²) in [5.74, 6) is -0.101. The van der Waals surface area contributed by atoms with Gasteiger partial charge >= 0.3 is 0 Å². The second kappa shape index (κ2) is 4.05. The Bertz CT molecular complexity index is 341. The first kappa shape index (κ1) is 10.2. The Hall–Kier alpha value is -1.31. The lowest BCUT2D eigenvalue weighted by atomic mass is 9.96. The third-order valence-corrected chi connectivity index (χ3v) is 3.34. The van der Waals surface area contributed by atoms with E-state index in [4.69, 9.17) is 5.73 Å². The molecular weight excluding hydrogens is 186 g/mol. The van der Waals surface area contributed by atoms with Crippen LogP contribution >= 0.6 is 0 Å². The van der Waals surface area contributed by atoms with Crippen LogP contribution in [-0.4, -0.2) is 5.91 Å². The van der Waals surface area contributed by atoms with Crippen molar-refractivity contribution in [2.45, 2.75) is 32.1 Å². The van der Waals surface area contributed by atoms with Gasteiger partial charge < -0.3 is 5.73 Å². The van der Waals surface area contributed by atoms with E-state index < -0.39 is 0 Å². The molecule has 2 heteroatoms. The minimum absolute atomic E-state index is 0.101. The molecule has 1 aliphatic rings. The monoisotopic (exact) mass is 203 g/mol. The summed E-state index contributed by atoms with van der Waals surface area (Å²) < 4.78 is 0. The predicted octanol–water partition coefficient (Wildman–Crippen LogP) is 2.27. The van der Waals surface area contributed by atoms with Gasteiger partial charge in [-0.3, -0.25) is 4.79 Å². The molecule has 0 aromatic heterocycles. The first-order chi connectivity index (χ1) is 7.23. The van der Waals surface area contributed by atoms with E-state index in [1.807, 2.05) is 6.07 Å². The lowest BCUT2D eigenvalue weighted by molar-refractivity contribution is -0.123. The van der Waals surface area contributed by atoms with Crippen molar-refractivity contribution >= 4 is 5.91 Å². The van der Waals surface area contributed by atoms with E-state index in [-0.39, 0.29) is 11.3 Å². The Balaban J connectivity index is 1.79. The highest BCUT2D eigenvalue weighted by Gasteiger charge is 2.47. The molecule has 0 atom stereocenters. The van der Waals surface area contributed by atoms with Crippen LogP contribution in [0.3, 0.4) is 0 Å². The van der Waals surface area contributed by atoms with Crippen LogP contribution in [0.4, 0.5) is 0 Å². The number of primary amides is 1. The number of carbonyl (C=O) groups excluding carboxylic acids is 1. The number of rotatable bonds is 5. The van der Waals surface area contributed by atoms with Crippen molar-refractivity contribution in [3.05, 3.63) is 35.9 Å². The molecular formula is C13H17NO. The molecule has 1 aromatic rings. The lowest BCUT2D eigenvalue weighted by Crippen LogP contribution is -2.24. The molecule has 2 rings (SSSR count). The molecule has 2 nitrogen and oxygen atoms in total. The highest BCUT2D eigenvalue weighted by molar-refractivity contribution is 5.83. The van der Waals surface area contributed by atoms with Crippen molar-refractivity contribution in [2.24, 2.45) is 11.1 Å². The first-order valence-corrected chi connectivity index (χ1v) is 5.57. The Labute approximate surface area is 90.5 Å². The van der Waals surface area contributed by atoms with E-state index in [0.717, 1.165) is 32.1 Å². The van der Waals surface area contributed by atoms with E-state index in [2.05, 4.69) is 24.3 Å². The summed E-state index contributed by atoms with van der Waals surface area (Å²) in [5.41, 5.74) is 6.59. The number of hydrogen-bond acceptors (Lipinski definition) is 1. The third kappa shape index (κ3) is 2.38. The van der Waals surface area contributed by atoms with Gasteiger partial charge in [0.2, 0.25) is 5.91 Å². The van der Waals surface area contributed by atoms with E-state index in [0.29, 0.717) is 0 Å². The predicted molar refractivity (Wildman–Crippen MR) is 60.2 cm³/mol. The lowest BCUT2D eigenvalue weighted by Gasteiger charge is -2.09. The zero-order valence-electron chi connectivity index (χ0n) is 8.91. The number of nitrogens with two attached hydrogens (primary N) is 1. The van der Waals surface area contributed by atoms with Crippen LogP contribution in [0.25, 0.3) is 0 Å². The van der Waals surface area contributed by atoms with Crippen LogP contribution in [0, 0.1) is 5.41 Å². The maximum atomic E-state index is 11.1. The van der Waals surface area contributed by atoms with Crippen LogP contribution in [0.5, 0.6) is 0 Å². The maximum absolute atomic E-state index is 11.1. The summed E-state index contributed by atoms with van der Waals surface area (Å²) >= 11 is 0. The minimum atomic E-state index is -0.130. The summed E-state index contributed by atoms with van der Waals surface area (Å²) in [5, 5.41) is 0. The fourth-order valence-corrected chi connectivity index (χ4v) is 2.05. The topological polar surface area (TPSA) is 43.1 Å². The molecule has 1 amide bonds. The quantitative estimate of drug-likeness (QED) is 0.783. The summed E-state index contributed by atoms with van der Waals surface area (Å²) in [4.78, 5) is 11.1. The van der Waals surface area contributed by atoms with Gasteiger partial charge in [0.25, 0.3) is 0 Å². The van der Waals surface area contributed by atoms with Gasteiger partial charge in [0.15, 0.2) is 0 Å².